The van der Waals surface area contributed by atoms with Crippen molar-refractivity contribution in [3.8, 4) is 17.5 Å². The number of carbonyl (C=O) groups excluding carboxylic acids is 1. The number of benzene rings is 2. The molecular weight excluding hydrogens is 362 g/mol. The van der Waals surface area contributed by atoms with Crippen LogP contribution in [0.5, 0.6) is 17.5 Å². The Morgan fingerprint density at radius 3 is 2.54 bits per heavy atom. The zero-order chi connectivity index (χ0) is 18.7. The molecule has 0 aliphatic rings. The van der Waals surface area contributed by atoms with Gasteiger partial charge in [0.1, 0.15) is 16.6 Å². The van der Waals surface area contributed by atoms with Gasteiger partial charge in [-0.2, -0.15) is 4.73 Å². The lowest BCUT2D eigenvalue weighted by atomic mass is 10.3. The molecule has 0 aliphatic heterocycles. The summed E-state index contributed by atoms with van der Waals surface area (Å²) in [6.07, 6.45) is -0.742. The normalized spacial score (nSPS) is 11.8. The predicted molar refractivity (Wildman–Crippen MR) is 92.1 cm³/mol. The molecule has 3 rings (SSSR count). The van der Waals surface area contributed by atoms with Crippen molar-refractivity contribution in [2.45, 2.75) is 13.0 Å². The first-order chi connectivity index (χ1) is 12.5. The fourth-order valence-corrected chi connectivity index (χ4v) is 2.33. The van der Waals surface area contributed by atoms with Gasteiger partial charge >= 0.3 is 12.0 Å². The van der Waals surface area contributed by atoms with Crippen LogP contribution in [-0.4, -0.2) is 29.4 Å². The monoisotopic (exact) mass is 375 g/mol. The Hall–Kier alpha value is -3.13. The number of nitrogens with zero attached hydrogens (tertiary/aromatic N) is 3. The maximum atomic E-state index is 12.3. The van der Waals surface area contributed by atoms with Crippen LogP contribution in [0.2, 0.25) is 5.02 Å². The lowest BCUT2D eigenvalue weighted by Crippen LogP contribution is -2.31. The van der Waals surface area contributed by atoms with Crippen LogP contribution >= 0.6 is 11.6 Å². The molecule has 0 bridgehead atoms. The summed E-state index contributed by atoms with van der Waals surface area (Å²) in [5.41, 5.74) is 0.645. The van der Waals surface area contributed by atoms with E-state index in [9.17, 15) is 10.0 Å². The molecule has 0 N–H and O–H groups in total. The molecule has 26 heavy (non-hydrogen) atoms. The number of hydrogen-bond acceptors (Lipinski definition) is 7. The van der Waals surface area contributed by atoms with Gasteiger partial charge in [-0.25, -0.2) is 4.79 Å². The van der Waals surface area contributed by atoms with Crippen LogP contribution in [0, 0.1) is 5.21 Å². The lowest BCUT2D eigenvalue weighted by molar-refractivity contribution is -0.587. The number of rotatable bonds is 5. The number of halogens is 1. The van der Waals surface area contributed by atoms with Crippen molar-refractivity contribution in [1.82, 2.24) is 10.2 Å². The molecular formula is C17H14ClN3O5. The molecule has 1 aromatic heterocycles. The van der Waals surface area contributed by atoms with Gasteiger partial charge in [0.05, 0.1) is 7.11 Å². The minimum Gasteiger partial charge on any atom is -0.708 e. The number of carbonyl (C=O) groups is 1. The van der Waals surface area contributed by atoms with Gasteiger partial charge in [-0.05, 0) is 54.5 Å². The SMILES string of the molecule is COC(=O)C(C)Oc1ccc(Oc2nnc3cc(Cl)ccc3[n+]2[O-])cc1. The van der Waals surface area contributed by atoms with Gasteiger partial charge in [-0.3, -0.25) is 0 Å². The average Bonchev–Trinajstić information content (AvgIpc) is 2.64. The molecule has 1 heterocycles. The topological polar surface area (TPSA) is 97.5 Å². The molecule has 8 nitrogen and oxygen atoms in total. The van der Waals surface area contributed by atoms with E-state index in [1.807, 2.05) is 0 Å². The van der Waals surface area contributed by atoms with Crippen molar-refractivity contribution in [2.75, 3.05) is 7.11 Å². The standard InChI is InChI=1S/C17H14ClN3O5/c1-10(16(22)24-2)25-12-4-6-13(7-5-12)26-17-20-19-14-9-11(18)3-8-15(14)21(17)23/h3-10H,1-2H3. The first kappa shape index (κ1) is 17.7. The third-order valence-electron chi connectivity index (χ3n) is 3.45. The van der Waals surface area contributed by atoms with E-state index in [1.54, 1.807) is 37.3 Å². The zero-order valence-electron chi connectivity index (χ0n) is 13.9. The first-order valence-corrected chi connectivity index (χ1v) is 7.93. The molecule has 0 saturated heterocycles. The quantitative estimate of drug-likeness (QED) is 0.384. The molecule has 0 fully saturated rings. The summed E-state index contributed by atoms with van der Waals surface area (Å²) < 4.78 is 16.0. The molecule has 3 aromatic rings. The van der Waals surface area contributed by atoms with Crippen LogP contribution in [0.15, 0.2) is 42.5 Å². The Balaban J connectivity index is 1.77. The number of methoxy groups -OCH3 is 1. The van der Waals surface area contributed by atoms with Crippen LogP contribution in [0.4, 0.5) is 0 Å². The largest absolute Gasteiger partial charge is 0.708 e. The van der Waals surface area contributed by atoms with Gasteiger partial charge < -0.3 is 19.4 Å². The van der Waals surface area contributed by atoms with Gasteiger partial charge in [-0.15, -0.1) is 0 Å². The van der Waals surface area contributed by atoms with Gasteiger partial charge in [-0.1, -0.05) is 11.6 Å². The predicted octanol–water partition coefficient (Wildman–Crippen LogP) is 2.65. The maximum Gasteiger partial charge on any atom is 0.532 e. The van der Waals surface area contributed by atoms with Crippen LogP contribution in [0.25, 0.3) is 11.0 Å². The van der Waals surface area contributed by atoms with E-state index in [0.29, 0.717) is 26.8 Å². The second-order valence-electron chi connectivity index (χ2n) is 5.27. The summed E-state index contributed by atoms with van der Waals surface area (Å²) in [5.74, 6) is 0.323. The Labute approximate surface area is 153 Å². The highest BCUT2D eigenvalue weighted by Crippen LogP contribution is 2.22. The molecule has 0 amide bonds. The van der Waals surface area contributed by atoms with Crippen LogP contribution in [-0.2, 0) is 9.53 Å². The smallest absolute Gasteiger partial charge is 0.532 e. The summed E-state index contributed by atoms with van der Waals surface area (Å²) >= 11 is 5.87. The Morgan fingerprint density at radius 2 is 1.85 bits per heavy atom. The number of esters is 1. The summed E-state index contributed by atoms with van der Waals surface area (Å²) in [7, 11) is 1.29. The van der Waals surface area contributed by atoms with Crippen LogP contribution < -0.4 is 14.2 Å². The lowest BCUT2D eigenvalue weighted by Gasteiger charge is -2.12. The van der Waals surface area contributed by atoms with E-state index >= 15 is 0 Å². The number of aromatic nitrogens is 3. The van der Waals surface area contributed by atoms with Crippen molar-refractivity contribution < 1.29 is 23.7 Å². The average molecular weight is 376 g/mol. The minimum atomic E-state index is -0.742. The number of hydrogen-bond donors (Lipinski definition) is 0. The second-order valence-corrected chi connectivity index (χ2v) is 5.70. The Morgan fingerprint density at radius 1 is 1.15 bits per heavy atom. The first-order valence-electron chi connectivity index (χ1n) is 7.56. The Bertz CT molecular complexity index is 949. The van der Waals surface area contributed by atoms with E-state index in [1.165, 1.54) is 19.2 Å². The summed E-state index contributed by atoms with van der Waals surface area (Å²) in [6.45, 7) is 1.58. The number of ether oxygens (including phenoxy) is 3. The fourth-order valence-electron chi connectivity index (χ4n) is 2.16. The molecule has 1 atom stereocenters. The third-order valence-corrected chi connectivity index (χ3v) is 3.69. The molecule has 0 saturated carbocycles. The van der Waals surface area contributed by atoms with E-state index in [2.05, 4.69) is 14.9 Å². The third kappa shape index (κ3) is 3.75. The van der Waals surface area contributed by atoms with E-state index in [0.717, 1.165) is 0 Å². The molecule has 9 heteroatoms. The van der Waals surface area contributed by atoms with Crippen LogP contribution in [0.3, 0.4) is 0 Å². The highest BCUT2D eigenvalue weighted by atomic mass is 35.5. The van der Waals surface area contributed by atoms with Gasteiger partial charge in [0.2, 0.25) is 0 Å². The van der Waals surface area contributed by atoms with Crippen molar-refractivity contribution >= 4 is 28.6 Å². The van der Waals surface area contributed by atoms with E-state index < -0.39 is 12.1 Å². The number of fused-ring (bicyclic) bond motifs is 1. The molecule has 1 unspecified atom stereocenters. The highest BCUT2D eigenvalue weighted by molar-refractivity contribution is 6.31. The van der Waals surface area contributed by atoms with Crippen molar-refractivity contribution in [3.63, 3.8) is 0 Å². The van der Waals surface area contributed by atoms with Gasteiger partial charge in [0.25, 0.3) is 0 Å². The molecule has 0 aliphatic carbocycles. The summed E-state index contributed by atoms with van der Waals surface area (Å²) in [5, 5.41) is 20.5. The molecule has 134 valence electrons. The fraction of sp³-hybridized carbons (Fsp3) is 0.176. The van der Waals surface area contributed by atoms with Crippen molar-refractivity contribution in [2.24, 2.45) is 0 Å². The second kappa shape index (κ2) is 7.40. The van der Waals surface area contributed by atoms with Gasteiger partial charge in [0, 0.05) is 5.02 Å². The summed E-state index contributed by atoms with van der Waals surface area (Å²) in [6, 6.07) is 10.8. The molecule has 2 aromatic carbocycles. The molecule has 0 radical (unpaired) electrons. The minimum absolute atomic E-state index is 0.226. The van der Waals surface area contributed by atoms with Crippen molar-refractivity contribution in [3.05, 3.63) is 52.7 Å². The van der Waals surface area contributed by atoms with E-state index in [4.69, 9.17) is 21.1 Å². The zero-order valence-corrected chi connectivity index (χ0v) is 14.6. The van der Waals surface area contributed by atoms with Crippen molar-refractivity contribution in [1.29, 1.82) is 0 Å². The van der Waals surface area contributed by atoms with E-state index in [-0.39, 0.29) is 11.5 Å². The molecule has 0 spiro atoms. The maximum absolute atomic E-state index is 12.3. The Kier molecular flexibility index (Phi) is 5.04. The summed E-state index contributed by atoms with van der Waals surface area (Å²) in [4.78, 5) is 11.4. The highest BCUT2D eigenvalue weighted by Gasteiger charge is 2.17. The van der Waals surface area contributed by atoms with Crippen LogP contribution in [0.1, 0.15) is 6.92 Å². The van der Waals surface area contributed by atoms with Gasteiger partial charge in [0.15, 0.2) is 17.1 Å².